The van der Waals surface area contributed by atoms with E-state index in [1.165, 1.54) is 31.8 Å². The molecule has 18 heavy (non-hydrogen) atoms. The molecule has 0 radical (unpaired) electrons. The van der Waals surface area contributed by atoms with Crippen molar-refractivity contribution in [1.29, 1.82) is 0 Å². The molecule has 0 bridgehead atoms. The van der Waals surface area contributed by atoms with E-state index >= 15 is 0 Å². The van der Waals surface area contributed by atoms with Gasteiger partial charge in [-0.05, 0) is 37.5 Å². The van der Waals surface area contributed by atoms with Crippen molar-refractivity contribution in [1.82, 2.24) is 0 Å². The Balaban J connectivity index is 2.05. The maximum Gasteiger partial charge on any atom is 0.330 e. The van der Waals surface area contributed by atoms with Crippen LogP contribution < -0.4 is 0 Å². The molecule has 0 atom stereocenters. The van der Waals surface area contributed by atoms with Crippen LogP contribution >= 0.6 is 0 Å². The first-order chi connectivity index (χ1) is 8.66. The van der Waals surface area contributed by atoms with Crippen molar-refractivity contribution in [2.45, 2.75) is 57.0 Å². The predicted octanol–water partition coefficient (Wildman–Crippen LogP) is 2.83. The van der Waals surface area contributed by atoms with Gasteiger partial charge in [0.05, 0.1) is 0 Å². The van der Waals surface area contributed by atoms with Crippen LogP contribution in [-0.4, -0.2) is 23.3 Å². The lowest BCUT2D eigenvalue weighted by Crippen LogP contribution is -2.48. The van der Waals surface area contributed by atoms with Crippen LogP contribution in [0.5, 0.6) is 0 Å². The Hall–Kier alpha value is -0.830. The Kier molecular flexibility index (Phi) is 4.44. The maximum atomic E-state index is 11.2. The van der Waals surface area contributed by atoms with Crippen molar-refractivity contribution in [3.63, 3.8) is 0 Å². The molecule has 0 spiro atoms. The minimum Gasteiger partial charge on any atom is -0.459 e. The Morgan fingerprint density at radius 2 is 1.61 bits per heavy atom. The first kappa shape index (κ1) is 13.6. The highest BCUT2D eigenvalue weighted by Gasteiger charge is 2.46. The van der Waals surface area contributed by atoms with Crippen molar-refractivity contribution in [3.05, 3.63) is 12.7 Å². The summed E-state index contributed by atoms with van der Waals surface area (Å²) in [5.74, 6) is 0.181. The fourth-order valence-electron chi connectivity index (χ4n) is 3.67. The standard InChI is InChI=1S/C15H24O3/c1-2-14(16)18-11-15(17,12-7-3-4-8-12)13-9-5-6-10-13/h2,12-13,17H,1,3-11H2. The zero-order valence-electron chi connectivity index (χ0n) is 11.1. The number of hydrogen-bond acceptors (Lipinski definition) is 3. The summed E-state index contributed by atoms with van der Waals surface area (Å²) in [5, 5.41) is 11.0. The summed E-state index contributed by atoms with van der Waals surface area (Å²) in [6.07, 6.45) is 10.2. The average Bonchev–Trinajstić information content (AvgIpc) is 3.06. The highest BCUT2D eigenvalue weighted by atomic mass is 16.5. The van der Waals surface area contributed by atoms with Gasteiger partial charge in [-0.2, -0.15) is 0 Å². The third-order valence-electron chi connectivity index (χ3n) is 4.74. The van der Waals surface area contributed by atoms with E-state index in [2.05, 4.69) is 6.58 Å². The fraction of sp³-hybridized carbons (Fsp3) is 0.800. The van der Waals surface area contributed by atoms with Gasteiger partial charge in [0.25, 0.3) is 0 Å². The predicted molar refractivity (Wildman–Crippen MR) is 70.0 cm³/mol. The second kappa shape index (κ2) is 5.87. The van der Waals surface area contributed by atoms with E-state index in [1.54, 1.807) is 0 Å². The molecule has 0 aromatic rings. The van der Waals surface area contributed by atoms with Crippen LogP contribution in [0.3, 0.4) is 0 Å². The molecular formula is C15H24O3. The van der Waals surface area contributed by atoms with Gasteiger partial charge < -0.3 is 9.84 Å². The van der Waals surface area contributed by atoms with Crippen LogP contribution in [0.25, 0.3) is 0 Å². The normalized spacial score (nSPS) is 22.3. The van der Waals surface area contributed by atoms with Crippen molar-refractivity contribution in [2.24, 2.45) is 11.8 Å². The summed E-state index contributed by atoms with van der Waals surface area (Å²) in [6, 6.07) is 0. The van der Waals surface area contributed by atoms with Gasteiger partial charge in [-0.25, -0.2) is 4.79 Å². The van der Waals surface area contributed by atoms with Crippen LogP contribution in [0.4, 0.5) is 0 Å². The monoisotopic (exact) mass is 252 g/mol. The third kappa shape index (κ3) is 2.77. The minimum absolute atomic E-state index is 0.146. The molecule has 0 aromatic heterocycles. The summed E-state index contributed by atoms with van der Waals surface area (Å²) < 4.78 is 5.17. The number of aliphatic hydroxyl groups is 1. The van der Waals surface area contributed by atoms with E-state index in [9.17, 15) is 9.90 Å². The van der Waals surface area contributed by atoms with Gasteiger partial charge in [0, 0.05) is 6.08 Å². The van der Waals surface area contributed by atoms with Crippen molar-refractivity contribution in [3.8, 4) is 0 Å². The Bertz CT molecular complexity index is 283. The highest BCUT2D eigenvalue weighted by molar-refractivity contribution is 5.81. The Labute approximate surface area is 109 Å². The zero-order chi connectivity index (χ0) is 13.0. The number of ether oxygens (including phenoxy) is 1. The van der Waals surface area contributed by atoms with E-state index in [0.717, 1.165) is 25.7 Å². The number of carbonyl (C=O) groups excluding carboxylic acids is 1. The number of carbonyl (C=O) groups is 1. The van der Waals surface area contributed by atoms with Gasteiger partial charge >= 0.3 is 5.97 Å². The van der Waals surface area contributed by atoms with E-state index in [0.29, 0.717) is 11.8 Å². The van der Waals surface area contributed by atoms with E-state index in [4.69, 9.17) is 4.74 Å². The third-order valence-corrected chi connectivity index (χ3v) is 4.74. The topological polar surface area (TPSA) is 46.5 Å². The van der Waals surface area contributed by atoms with Crippen LogP contribution in [0.15, 0.2) is 12.7 Å². The van der Waals surface area contributed by atoms with Crippen LogP contribution in [0.2, 0.25) is 0 Å². The SMILES string of the molecule is C=CC(=O)OCC(O)(C1CCCC1)C1CCCC1. The highest BCUT2D eigenvalue weighted by Crippen LogP contribution is 2.44. The van der Waals surface area contributed by atoms with E-state index < -0.39 is 11.6 Å². The van der Waals surface area contributed by atoms with Crippen molar-refractivity contribution >= 4 is 5.97 Å². The molecule has 1 N–H and O–H groups in total. The second-order valence-electron chi connectivity index (χ2n) is 5.77. The summed E-state index contributed by atoms with van der Waals surface area (Å²) in [7, 11) is 0. The van der Waals surface area contributed by atoms with Gasteiger partial charge in [-0.1, -0.05) is 32.3 Å². The van der Waals surface area contributed by atoms with Gasteiger partial charge in [-0.3, -0.25) is 0 Å². The number of rotatable bonds is 5. The molecule has 0 heterocycles. The summed E-state index contributed by atoms with van der Waals surface area (Å²) in [4.78, 5) is 11.2. The van der Waals surface area contributed by atoms with E-state index in [1.807, 2.05) is 0 Å². The number of hydrogen-bond donors (Lipinski definition) is 1. The smallest absolute Gasteiger partial charge is 0.330 e. The molecule has 2 fully saturated rings. The average molecular weight is 252 g/mol. The van der Waals surface area contributed by atoms with Crippen LogP contribution in [-0.2, 0) is 9.53 Å². The first-order valence-corrected chi connectivity index (χ1v) is 7.18. The summed E-state index contributed by atoms with van der Waals surface area (Å²) >= 11 is 0. The van der Waals surface area contributed by atoms with Gasteiger partial charge in [0.2, 0.25) is 0 Å². The lowest BCUT2D eigenvalue weighted by Gasteiger charge is -2.38. The molecule has 0 saturated heterocycles. The molecule has 3 nitrogen and oxygen atoms in total. The molecule has 102 valence electrons. The van der Waals surface area contributed by atoms with Gasteiger partial charge in [0.15, 0.2) is 0 Å². The fourth-order valence-corrected chi connectivity index (χ4v) is 3.67. The molecule has 0 unspecified atom stereocenters. The molecule has 2 saturated carbocycles. The zero-order valence-corrected chi connectivity index (χ0v) is 11.1. The Morgan fingerprint density at radius 1 is 1.17 bits per heavy atom. The van der Waals surface area contributed by atoms with E-state index in [-0.39, 0.29) is 6.61 Å². The molecule has 0 aromatic carbocycles. The molecule has 2 aliphatic carbocycles. The number of esters is 1. The Morgan fingerprint density at radius 3 is 2.00 bits per heavy atom. The molecule has 2 aliphatic rings. The molecule has 0 amide bonds. The van der Waals surface area contributed by atoms with Gasteiger partial charge in [0.1, 0.15) is 12.2 Å². The molecule has 0 aliphatic heterocycles. The van der Waals surface area contributed by atoms with Crippen molar-refractivity contribution < 1.29 is 14.6 Å². The van der Waals surface area contributed by atoms with Gasteiger partial charge in [-0.15, -0.1) is 0 Å². The lowest BCUT2D eigenvalue weighted by molar-refractivity contribution is -0.157. The molecule has 2 rings (SSSR count). The first-order valence-electron chi connectivity index (χ1n) is 7.18. The molecule has 3 heteroatoms. The van der Waals surface area contributed by atoms with Crippen molar-refractivity contribution in [2.75, 3.05) is 6.61 Å². The maximum absolute atomic E-state index is 11.2. The second-order valence-corrected chi connectivity index (χ2v) is 5.77. The quantitative estimate of drug-likeness (QED) is 0.604. The summed E-state index contributed by atoms with van der Waals surface area (Å²) in [5.41, 5.74) is -0.800. The molecular weight excluding hydrogens is 228 g/mol. The van der Waals surface area contributed by atoms with Crippen LogP contribution in [0.1, 0.15) is 51.4 Å². The lowest BCUT2D eigenvalue weighted by atomic mass is 9.75. The van der Waals surface area contributed by atoms with Crippen LogP contribution in [0, 0.1) is 11.8 Å². The largest absolute Gasteiger partial charge is 0.459 e. The summed E-state index contributed by atoms with van der Waals surface area (Å²) in [6.45, 7) is 3.55. The minimum atomic E-state index is -0.800.